The lowest BCUT2D eigenvalue weighted by atomic mass is 10.3. The van der Waals surface area contributed by atoms with Crippen LogP contribution in [0.2, 0.25) is 13.1 Å². The van der Waals surface area contributed by atoms with Crippen molar-refractivity contribution < 1.29 is 4.74 Å². The first-order valence-corrected chi connectivity index (χ1v) is 6.77. The first kappa shape index (κ1) is 8.33. The highest BCUT2D eigenvalue weighted by molar-refractivity contribution is 6.71. The van der Waals surface area contributed by atoms with E-state index in [1.165, 1.54) is 5.19 Å². The van der Waals surface area contributed by atoms with Crippen LogP contribution < -0.4 is 9.92 Å². The summed E-state index contributed by atoms with van der Waals surface area (Å²) in [4.78, 5) is 0. The van der Waals surface area contributed by atoms with Gasteiger partial charge in [0.15, 0.2) is 0 Å². The van der Waals surface area contributed by atoms with Gasteiger partial charge in [-0.1, -0.05) is 31.3 Å². The summed E-state index contributed by atoms with van der Waals surface area (Å²) in [5.41, 5.74) is 0. The Bertz CT molecular complexity index is 233. The molecule has 0 saturated carbocycles. The summed E-state index contributed by atoms with van der Waals surface area (Å²) in [7, 11) is 1.02. The third-order valence-corrected chi connectivity index (χ3v) is 3.48. The zero-order valence-corrected chi connectivity index (χ0v) is 8.45. The second-order valence-corrected chi connectivity index (χ2v) is 5.83. The minimum absolute atomic E-state index is 0.711. The average molecular weight is 166 g/mol. The van der Waals surface area contributed by atoms with Crippen molar-refractivity contribution in [3.8, 4) is 5.75 Å². The van der Waals surface area contributed by atoms with Gasteiger partial charge in [-0.3, -0.25) is 0 Å². The molecule has 1 aromatic carbocycles. The van der Waals surface area contributed by atoms with E-state index in [1.807, 2.05) is 12.1 Å². The van der Waals surface area contributed by atoms with Gasteiger partial charge in [-0.2, -0.15) is 0 Å². The number of hydrogen-bond donors (Lipinski definition) is 0. The summed E-state index contributed by atoms with van der Waals surface area (Å²) in [6, 6.07) is 8.28. The largest absolute Gasteiger partial charge is 0.497 e. The summed E-state index contributed by atoms with van der Waals surface area (Å²) >= 11 is 0. The van der Waals surface area contributed by atoms with Gasteiger partial charge >= 0.3 is 0 Å². The highest BCUT2D eigenvalue weighted by Gasteiger charge is 2.05. The molecule has 1 nitrogen and oxygen atoms in total. The topological polar surface area (TPSA) is 9.23 Å². The second kappa shape index (κ2) is 3.58. The Hall–Kier alpha value is -0.763. The third kappa shape index (κ3) is 1.83. The van der Waals surface area contributed by atoms with Crippen LogP contribution in [0.4, 0.5) is 0 Å². The zero-order valence-electron chi connectivity index (χ0n) is 7.29. The molecule has 0 saturated heterocycles. The molecule has 2 heteroatoms. The maximum atomic E-state index is 5.24. The van der Waals surface area contributed by atoms with Gasteiger partial charge in [-0.15, -0.1) is 0 Å². The number of methoxy groups -OCH3 is 1. The summed E-state index contributed by atoms with van der Waals surface area (Å²) in [5, 5.41) is 1.41. The molecule has 0 unspecified atom stereocenters. The molecule has 1 aromatic rings. The van der Waals surface area contributed by atoms with Crippen molar-refractivity contribution >= 4 is 14.0 Å². The Morgan fingerprint density at radius 3 is 2.27 bits per heavy atom. The van der Waals surface area contributed by atoms with Gasteiger partial charge in [0.25, 0.3) is 0 Å². The maximum absolute atomic E-state index is 5.24. The molecule has 0 aromatic heterocycles. The molecular weight excluding hydrogens is 152 g/mol. The predicted molar refractivity (Wildman–Crippen MR) is 51.5 cm³/mol. The number of benzene rings is 1. The van der Waals surface area contributed by atoms with E-state index >= 15 is 0 Å². The van der Waals surface area contributed by atoms with E-state index in [4.69, 9.17) is 4.74 Å². The van der Waals surface area contributed by atoms with Crippen LogP contribution in [-0.2, 0) is 0 Å². The summed E-state index contributed by atoms with van der Waals surface area (Å²) in [6.07, 6.45) is 0. The Balaban J connectivity index is 3.02. The zero-order chi connectivity index (χ0) is 8.27. The Morgan fingerprint density at radius 2 is 1.82 bits per heavy atom. The van der Waals surface area contributed by atoms with E-state index in [9.17, 15) is 0 Å². The van der Waals surface area contributed by atoms with Crippen LogP contribution in [0.3, 0.4) is 0 Å². The monoisotopic (exact) mass is 166 g/mol. The van der Waals surface area contributed by atoms with Gasteiger partial charge in [0.2, 0.25) is 0 Å². The van der Waals surface area contributed by atoms with Crippen LogP contribution in [0, 0.1) is 0 Å². The van der Waals surface area contributed by atoms with Crippen LogP contribution in [0.5, 0.6) is 5.75 Å². The molecule has 0 amide bonds. The van der Waals surface area contributed by atoms with Crippen LogP contribution in [0.25, 0.3) is 0 Å². The fourth-order valence-electron chi connectivity index (χ4n) is 1.14. The van der Waals surface area contributed by atoms with Crippen LogP contribution in [-0.4, -0.2) is 15.9 Å². The number of hydrogen-bond acceptors (Lipinski definition) is 1. The van der Waals surface area contributed by atoms with Crippen LogP contribution in [0.1, 0.15) is 0 Å². The second-order valence-electron chi connectivity index (χ2n) is 2.90. The maximum Gasteiger partial charge on any atom is 0.117 e. The lowest BCUT2D eigenvalue weighted by molar-refractivity contribution is 0.418. The highest BCUT2D eigenvalue weighted by Crippen LogP contribution is 2.06. The van der Waals surface area contributed by atoms with E-state index in [1.54, 1.807) is 7.11 Å². The van der Waals surface area contributed by atoms with Crippen molar-refractivity contribution in [2.75, 3.05) is 7.11 Å². The molecule has 0 aliphatic carbocycles. The molecule has 0 fully saturated rings. The van der Waals surface area contributed by atoms with Gasteiger partial charge in [-0.25, -0.2) is 0 Å². The van der Waals surface area contributed by atoms with Gasteiger partial charge in [0.05, 0.1) is 15.9 Å². The van der Waals surface area contributed by atoms with Crippen molar-refractivity contribution in [1.82, 2.24) is 0 Å². The summed E-state index contributed by atoms with van der Waals surface area (Å²) < 4.78 is 5.24. The number of para-hydroxylation sites is 1. The Kier molecular flexibility index (Phi) is 2.71. The fraction of sp³-hybridized carbons (Fsp3) is 0.333. The molecule has 0 aliphatic rings. The first-order chi connectivity index (χ1) is 5.25. The lowest BCUT2D eigenvalue weighted by Gasteiger charge is -2.09. The Labute approximate surface area is 69.6 Å². The number of ether oxygens (including phenoxy) is 1. The molecule has 0 radical (unpaired) electrons. The lowest BCUT2D eigenvalue weighted by Crippen LogP contribution is -2.23. The van der Waals surface area contributed by atoms with E-state index < -0.39 is 8.80 Å². The molecule has 0 aliphatic heterocycles. The van der Waals surface area contributed by atoms with Gasteiger partial charge in [-0.05, 0) is 11.3 Å². The molecule has 60 valence electrons. The molecule has 0 atom stereocenters. The van der Waals surface area contributed by atoms with Gasteiger partial charge in [0, 0.05) is 0 Å². The summed E-state index contributed by atoms with van der Waals surface area (Å²) in [6.45, 7) is 4.61. The minimum atomic E-state index is -0.711. The number of rotatable bonds is 2. The molecular formula is C9H14OSi. The SMILES string of the molecule is COc1ccccc1[SiH](C)C. The van der Waals surface area contributed by atoms with E-state index in [-0.39, 0.29) is 0 Å². The van der Waals surface area contributed by atoms with Crippen molar-refractivity contribution in [1.29, 1.82) is 0 Å². The third-order valence-electron chi connectivity index (χ3n) is 1.76. The quantitative estimate of drug-likeness (QED) is 0.603. The smallest absolute Gasteiger partial charge is 0.117 e. The minimum Gasteiger partial charge on any atom is -0.497 e. The standard InChI is InChI=1S/C9H14OSi/c1-10-8-6-4-5-7-9(8)11(2)3/h4-7,11H,1-3H3. The van der Waals surface area contributed by atoms with Gasteiger partial charge < -0.3 is 4.74 Å². The highest BCUT2D eigenvalue weighted by atomic mass is 28.3. The van der Waals surface area contributed by atoms with Crippen LogP contribution >= 0.6 is 0 Å². The molecule has 0 spiro atoms. The molecule has 1 rings (SSSR count). The normalized spacial score (nSPS) is 10.2. The van der Waals surface area contributed by atoms with Crippen molar-refractivity contribution in [3.05, 3.63) is 24.3 Å². The van der Waals surface area contributed by atoms with Crippen molar-refractivity contribution in [2.24, 2.45) is 0 Å². The van der Waals surface area contributed by atoms with E-state index in [2.05, 4.69) is 25.2 Å². The molecule has 0 N–H and O–H groups in total. The molecule has 0 heterocycles. The molecule has 11 heavy (non-hydrogen) atoms. The molecule has 0 bridgehead atoms. The Morgan fingerprint density at radius 1 is 1.18 bits per heavy atom. The van der Waals surface area contributed by atoms with Gasteiger partial charge in [0.1, 0.15) is 5.75 Å². The first-order valence-electron chi connectivity index (χ1n) is 3.88. The average Bonchev–Trinajstić information content (AvgIpc) is 2.04. The van der Waals surface area contributed by atoms with Crippen molar-refractivity contribution in [3.63, 3.8) is 0 Å². The van der Waals surface area contributed by atoms with Crippen molar-refractivity contribution in [2.45, 2.75) is 13.1 Å². The van der Waals surface area contributed by atoms with E-state index in [0.29, 0.717) is 0 Å². The predicted octanol–water partition coefficient (Wildman–Crippen LogP) is 1.39. The summed E-state index contributed by atoms with van der Waals surface area (Å²) in [5.74, 6) is 1.05. The van der Waals surface area contributed by atoms with Crippen LogP contribution in [0.15, 0.2) is 24.3 Å². The van der Waals surface area contributed by atoms with E-state index in [0.717, 1.165) is 5.75 Å². The fourth-order valence-corrected chi connectivity index (χ4v) is 2.42.